The number of amides is 1. The Labute approximate surface area is 150 Å². The van der Waals surface area contributed by atoms with Crippen molar-refractivity contribution in [3.8, 4) is 5.69 Å². The molecule has 0 saturated heterocycles. The number of aromatic nitrogens is 6. The van der Waals surface area contributed by atoms with E-state index in [0.717, 1.165) is 11.3 Å². The van der Waals surface area contributed by atoms with Crippen molar-refractivity contribution in [2.24, 2.45) is 7.05 Å². The lowest BCUT2D eigenvalue weighted by atomic mass is 10.1. The van der Waals surface area contributed by atoms with Crippen LogP contribution in [0.4, 0.5) is 5.69 Å². The average Bonchev–Trinajstić information content (AvgIpc) is 3.17. The fraction of sp³-hybridized carbons (Fsp3) is 0.267. The molecule has 0 aliphatic heterocycles. The van der Waals surface area contributed by atoms with Crippen LogP contribution in [0.15, 0.2) is 36.7 Å². The number of rotatable bonds is 5. The van der Waals surface area contributed by atoms with E-state index in [9.17, 15) is 4.79 Å². The number of carbonyl (C=O) groups excluding carboxylic acids is 1. The van der Waals surface area contributed by atoms with Gasteiger partial charge in [0.2, 0.25) is 5.91 Å². The summed E-state index contributed by atoms with van der Waals surface area (Å²) in [6.45, 7) is 1.81. The van der Waals surface area contributed by atoms with Crippen molar-refractivity contribution in [2.75, 3.05) is 12.4 Å². The zero-order valence-electron chi connectivity index (χ0n) is 14.0. The summed E-state index contributed by atoms with van der Waals surface area (Å²) in [4.78, 5) is 12.6. The Morgan fingerprint density at radius 1 is 1.32 bits per heavy atom. The molecule has 0 bridgehead atoms. The van der Waals surface area contributed by atoms with Crippen LogP contribution in [0.2, 0.25) is 0 Å². The first-order chi connectivity index (χ1) is 11.6. The molecule has 9 nitrogen and oxygen atoms in total. The molecule has 1 aromatic carbocycles. The van der Waals surface area contributed by atoms with Crippen molar-refractivity contribution in [3.05, 3.63) is 48.0 Å². The fourth-order valence-corrected chi connectivity index (χ4v) is 2.44. The number of tetrazole rings is 1. The predicted molar refractivity (Wildman–Crippen MR) is 94.8 cm³/mol. The maximum absolute atomic E-state index is 12.6. The highest BCUT2D eigenvalue weighted by Crippen LogP contribution is 2.18. The van der Waals surface area contributed by atoms with Gasteiger partial charge in [0.15, 0.2) is 5.82 Å². The highest BCUT2D eigenvalue weighted by Gasteiger charge is 2.20. The van der Waals surface area contributed by atoms with E-state index in [0.29, 0.717) is 11.5 Å². The van der Waals surface area contributed by atoms with E-state index in [4.69, 9.17) is 0 Å². The molecule has 0 spiro atoms. The first-order valence-corrected chi connectivity index (χ1v) is 7.40. The molecule has 1 atom stereocenters. The minimum absolute atomic E-state index is 0. The zero-order valence-corrected chi connectivity index (χ0v) is 14.9. The van der Waals surface area contributed by atoms with Crippen LogP contribution < -0.4 is 10.6 Å². The molecule has 0 radical (unpaired) electrons. The molecule has 3 rings (SSSR count). The quantitative estimate of drug-likeness (QED) is 0.702. The van der Waals surface area contributed by atoms with Crippen LogP contribution in [0.3, 0.4) is 0 Å². The molecule has 10 heteroatoms. The summed E-state index contributed by atoms with van der Waals surface area (Å²) in [5, 5.41) is 21.4. The second kappa shape index (κ2) is 7.86. The van der Waals surface area contributed by atoms with Crippen LogP contribution in [0.1, 0.15) is 17.4 Å². The van der Waals surface area contributed by atoms with Crippen molar-refractivity contribution in [1.82, 2.24) is 35.3 Å². The normalized spacial score (nSPS) is 11.6. The van der Waals surface area contributed by atoms with Crippen LogP contribution in [0, 0.1) is 6.92 Å². The van der Waals surface area contributed by atoms with Crippen LogP contribution in [-0.4, -0.2) is 42.9 Å². The molecular weight excluding hydrogens is 344 g/mol. The van der Waals surface area contributed by atoms with Crippen molar-refractivity contribution < 1.29 is 4.79 Å². The van der Waals surface area contributed by atoms with Crippen molar-refractivity contribution in [2.45, 2.75) is 13.0 Å². The number of hydrogen-bond donors (Lipinski definition) is 2. The molecule has 0 aliphatic rings. The number of aryl methyl sites for hydroxylation is 2. The van der Waals surface area contributed by atoms with Crippen LogP contribution in [-0.2, 0) is 11.8 Å². The first kappa shape index (κ1) is 18.6. The molecule has 0 fully saturated rings. The van der Waals surface area contributed by atoms with E-state index in [1.807, 2.05) is 44.4 Å². The molecule has 2 N–H and O–H groups in total. The van der Waals surface area contributed by atoms with Crippen LogP contribution in [0.5, 0.6) is 0 Å². The standard InChI is InChI=1S/C15H18N8O.ClH/c1-10-19-20-21-23(10)13-6-4-5-12(7-13)18-15(24)14(16-2)11-8-17-22(3)9-11;/h4-9,14,16H,1-3H3,(H,18,24);1H. The van der Waals surface area contributed by atoms with Gasteiger partial charge in [-0.1, -0.05) is 6.07 Å². The summed E-state index contributed by atoms with van der Waals surface area (Å²) in [6.07, 6.45) is 3.48. The number of halogens is 1. The lowest BCUT2D eigenvalue weighted by Crippen LogP contribution is -2.30. The number of hydrogen-bond acceptors (Lipinski definition) is 6. The van der Waals surface area contributed by atoms with Gasteiger partial charge in [0, 0.05) is 24.5 Å². The summed E-state index contributed by atoms with van der Waals surface area (Å²) < 4.78 is 3.26. The third-order valence-corrected chi connectivity index (χ3v) is 3.59. The highest BCUT2D eigenvalue weighted by molar-refractivity contribution is 5.95. The van der Waals surface area contributed by atoms with Gasteiger partial charge in [0.05, 0.1) is 11.9 Å². The molecule has 2 aromatic heterocycles. The molecule has 132 valence electrons. The Morgan fingerprint density at radius 2 is 2.12 bits per heavy atom. The predicted octanol–water partition coefficient (Wildman–Crippen LogP) is 1.03. The second-order valence-corrected chi connectivity index (χ2v) is 5.35. The molecular formula is C15H19ClN8O. The molecule has 1 amide bonds. The molecule has 0 aliphatic carbocycles. The fourth-order valence-electron chi connectivity index (χ4n) is 2.44. The summed E-state index contributed by atoms with van der Waals surface area (Å²) in [7, 11) is 3.55. The first-order valence-electron chi connectivity index (χ1n) is 7.40. The SMILES string of the molecule is CNC(C(=O)Nc1cccc(-n2nnnc2C)c1)c1cnn(C)c1.Cl. The summed E-state index contributed by atoms with van der Waals surface area (Å²) in [6, 6.07) is 6.85. The Balaban J connectivity index is 0.00000225. The van der Waals surface area contributed by atoms with Gasteiger partial charge >= 0.3 is 0 Å². The van der Waals surface area contributed by atoms with Gasteiger partial charge in [-0.25, -0.2) is 0 Å². The maximum Gasteiger partial charge on any atom is 0.246 e. The number of likely N-dealkylation sites (N-methyl/N-ethyl adjacent to an activating group) is 1. The summed E-state index contributed by atoms with van der Waals surface area (Å²) in [5.41, 5.74) is 2.24. The van der Waals surface area contributed by atoms with Crippen molar-refractivity contribution >= 4 is 24.0 Å². The molecule has 3 aromatic rings. The molecule has 1 unspecified atom stereocenters. The molecule has 0 saturated carbocycles. The second-order valence-electron chi connectivity index (χ2n) is 5.35. The number of carbonyl (C=O) groups is 1. The van der Waals surface area contributed by atoms with Gasteiger partial charge in [0.25, 0.3) is 0 Å². The Kier molecular flexibility index (Phi) is 5.84. The summed E-state index contributed by atoms with van der Waals surface area (Å²) in [5.74, 6) is 0.498. The number of nitrogens with zero attached hydrogens (tertiary/aromatic N) is 6. The number of anilines is 1. The highest BCUT2D eigenvalue weighted by atomic mass is 35.5. The van der Waals surface area contributed by atoms with E-state index >= 15 is 0 Å². The van der Waals surface area contributed by atoms with Gasteiger partial charge in [0.1, 0.15) is 6.04 Å². The lowest BCUT2D eigenvalue weighted by molar-refractivity contribution is -0.118. The molecule has 2 heterocycles. The smallest absolute Gasteiger partial charge is 0.246 e. The minimum atomic E-state index is -0.489. The van der Waals surface area contributed by atoms with Crippen molar-refractivity contribution in [3.63, 3.8) is 0 Å². The van der Waals surface area contributed by atoms with Gasteiger partial charge < -0.3 is 10.6 Å². The lowest BCUT2D eigenvalue weighted by Gasteiger charge is -2.15. The van der Waals surface area contributed by atoms with E-state index in [2.05, 4.69) is 31.3 Å². The van der Waals surface area contributed by atoms with Crippen LogP contribution in [0.25, 0.3) is 5.69 Å². The zero-order chi connectivity index (χ0) is 17.1. The monoisotopic (exact) mass is 362 g/mol. The van der Waals surface area contributed by atoms with E-state index < -0.39 is 6.04 Å². The largest absolute Gasteiger partial charge is 0.324 e. The Bertz CT molecular complexity index is 859. The topological polar surface area (TPSA) is 103 Å². The third-order valence-electron chi connectivity index (χ3n) is 3.59. The van der Waals surface area contributed by atoms with Gasteiger partial charge in [-0.15, -0.1) is 17.5 Å². The van der Waals surface area contributed by atoms with Gasteiger partial charge in [-0.2, -0.15) is 9.78 Å². The number of benzene rings is 1. The maximum atomic E-state index is 12.6. The Morgan fingerprint density at radius 3 is 2.72 bits per heavy atom. The third kappa shape index (κ3) is 4.01. The van der Waals surface area contributed by atoms with E-state index in [-0.39, 0.29) is 18.3 Å². The van der Waals surface area contributed by atoms with Gasteiger partial charge in [-0.05, 0) is 42.6 Å². The van der Waals surface area contributed by atoms with Gasteiger partial charge in [-0.3, -0.25) is 9.48 Å². The van der Waals surface area contributed by atoms with Crippen LogP contribution >= 0.6 is 12.4 Å². The summed E-state index contributed by atoms with van der Waals surface area (Å²) >= 11 is 0. The average molecular weight is 363 g/mol. The number of nitrogens with one attached hydrogen (secondary N) is 2. The Hall–Kier alpha value is -2.78. The van der Waals surface area contributed by atoms with Crippen molar-refractivity contribution in [1.29, 1.82) is 0 Å². The minimum Gasteiger partial charge on any atom is -0.324 e. The van der Waals surface area contributed by atoms with E-state index in [1.54, 1.807) is 22.6 Å². The van der Waals surface area contributed by atoms with E-state index in [1.165, 1.54) is 0 Å². The molecule has 25 heavy (non-hydrogen) atoms.